The van der Waals surface area contributed by atoms with E-state index in [9.17, 15) is 9.59 Å². The first kappa shape index (κ1) is 19.5. The number of carbonyl (C=O) groups excluding carboxylic acids is 2. The molecule has 1 saturated carbocycles. The van der Waals surface area contributed by atoms with Gasteiger partial charge in [0.05, 0.1) is 6.42 Å². The topological polar surface area (TPSA) is 58.2 Å². The van der Waals surface area contributed by atoms with Crippen molar-refractivity contribution in [1.82, 2.24) is 10.6 Å². The smallest absolute Gasteiger partial charge is 0.245 e. The third-order valence-corrected chi connectivity index (χ3v) is 5.19. The Kier molecular flexibility index (Phi) is 7.03. The fourth-order valence-electron chi connectivity index (χ4n) is 3.59. The average Bonchev–Trinajstić information content (AvgIpc) is 2.59. The summed E-state index contributed by atoms with van der Waals surface area (Å²) in [6.07, 6.45) is 6.95. The van der Waals surface area contributed by atoms with Crippen LogP contribution >= 0.6 is 0 Å². The number of carbonyl (C=O) groups is 2. The number of benzene rings is 1. The van der Waals surface area contributed by atoms with Crippen molar-refractivity contribution in [3.63, 3.8) is 0 Å². The molecule has 1 fully saturated rings. The zero-order valence-corrected chi connectivity index (χ0v) is 15.9. The van der Waals surface area contributed by atoms with E-state index in [1.54, 1.807) is 0 Å². The van der Waals surface area contributed by atoms with Gasteiger partial charge in [-0.1, -0.05) is 56.4 Å². The van der Waals surface area contributed by atoms with Crippen LogP contribution in [0.2, 0.25) is 0 Å². The number of amides is 2. The fourth-order valence-corrected chi connectivity index (χ4v) is 3.59. The summed E-state index contributed by atoms with van der Waals surface area (Å²) in [5.41, 5.74) is 2.58. The predicted molar refractivity (Wildman–Crippen MR) is 101 cm³/mol. The molecule has 25 heavy (non-hydrogen) atoms. The van der Waals surface area contributed by atoms with E-state index in [4.69, 9.17) is 0 Å². The molecule has 2 amide bonds. The van der Waals surface area contributed by atoms with Crippen LogP contribution in [0.1, 0.15) is 68.6 Å². The van der Waals surface area contributed by atoms with Gasteiger partial charge in [0.15, 0.2) is 0 Å². The second-order valence-electron chi connectivity index (χ2n) is 7.41. The highest BCUT2D eigenvalue weighted by Gasteiger charge is 2.40. The van der Waals surface area contributed by atoms with Crippen molar-refractivity contribution in [2.45, 2.75) is 77.7 Å². The number of aryl methyl sites for hydroxylation is 2. The Morgan fingerprint density at radius 1 is 1.12 bits per heavy atom. The van der Waals surface area contributed by atoms with E-state index in [0.29, 0.717) is 13.0 Å². The van der Waals surface area contributed by atoms with E-state index in [2.05, 4.69) is 29.7 Å². The molecule has 1 aliphatic rings. The molecule has 0 bridgehead atoms. The summed E-state index contributed by atoms with van der Waals surface area (Å²) in [6, 6.07) is 6.16. The van der Waals surface area contributed by atoms with Gasteiger partial charge in [0.1, 0.15) is 5.54 Å². The van der Waals surface area contributed by atoms with Gasteiger partial charge in [-0.3, -0.25) is 9.59 Å². The molecule has 0 aliphatic heterocycles. The zero-order chi connectivity index (χ0) is 18.3. The van der Waals surface area contributed by atoms with Crippen molar-refractivity contribution in [3.8, 4) is 0 Å². The lowest BCUT2D eigenvalue weighted by Gasteiger charge is -2.36. The summed E-state index contributed by atoms with van der Waals surface area (Å²) in [6.45, 7) is 6.85. The van der Waals surface area contributed by atoms with Crippen LogP contribution in [-0.4, -0.2) is 23.9 Å². The SMILES string of the molecule is CCCCNC(=O)C1(NC(=O)Cc2cc(C)ccc2C)CCCCC1. The molecular weight excluding hydrogens is 312 g/mol. The number of unbranched alkanes of at least 4 members (excludes halogenated alkanes) is 1. The van der Waals surface area contributed by atoms with Gasteiger partial charge in [-0.15, -0.1) is 0 Å². The van der Waals surface area contributed by atoms with E-state index in [1.165, 1.54) is 0 Å². The molecule has 0 aromatic heterocycles. The molecule has 1 aromatic carbocycles. The molecule has 4 nitrogen and oxygen atoms in total. The van der Waals surface area contributed by atoms with Crippen LogP contribution in [0.4, 0.5) is 0 Å². The number of nitrogens with one attached hydrogen (secondary N) is 2. The Balaban J connectivity index is 2.06. The number of hydrogen-bond donors (Lipinski definition) is 2. The van der Waals surface area contributed by atoms with Crippen LogP contribution < -0.4 is 10.6 Å². The van der Waals surface area contributed by atoms with E-state index in [-0.39, 0.29) is 11.8 Å². The number of hydrogen-bond acceptors (Lipinski definition) is 2. The lowest BCUT2D eigenvalue weighted by Crippen LogP contribution is -2.60. The van der Waals surface area contributed by atoms with Gasteiger partial charge in [0, 0.05) is 6.54 Å². The van der Waals surface area contributed by atoms with Gasteiger partial charge >= 0.3 is 0 Å². The van der Waals surface area contributed by atoms with Crippen molar-refractivity contribution in [2.75, 3.05) is 6.54 Å². The Morgan fingerprint density at radius 3 is 2.52 bits per heavy atom. The highest BCUT2D eigenvalue weighted by molar-refractivity contribution is 5.92. The largest absolute Gasteiger partial charge is 0.354 e. The second kappa shape index (κ2) is 9.02. The predicted octanol–water partition coefficient (Wildman–Crippen LogP) is 3.58. The van der Waals surface area contributed by atoms with E-state index < -0.39 is 5.54 Å². The van der Waals surface area contributed by atoms with Crippen molar-refractivity contribution in [3.05, 3.63) is 34.9 Å². The van der Waals surface area contributed by atoms with Crippen molar-refractivity contribution in [2.24, 2.45) is 0 Å². The lowest BCUT2D eigenvalue weighted by molar-refractivity contribution is -0.134. The molecule has 2 N–H and O–H groups in total. The first-order valence-corrected chi connectivity index (χ1v) is 9.62. The third-order valence-electron chi connectivity index (χ3n) is 5.19. The molecule has 2 rings (SSSR count). The van der Waals surface area contributed by atoms with Crippen LogP contribution in [0.15, 0.2) is 18.2 Å². The van der Waals surface area contributed by atoms with Crippen LogP contribution in [-0.2, 0) is 16.0 Å². The number of rotatable bonds is 7. The Morgan fingerprint density at radius 2 is 1.84 bits per heavy atom. The lowest BCUT2D eigenvalue weighted by atomic mass is 9.80. The highest BCUT2D eigenvalue weighted by Crippen LogP contribution is 2.29. The van der Waals surface area contributed by atoms with Gasteiger partial charge in [0.2, 0.25) is 11.8 Å². The zero-order valence-electron chi connectivity index (χ0n) is 15.9. The minimum Gasteiger partial charge on any atom is -0.354 e. The molecule has 0 unspecified atom stereocenters. The minimum absolute atomic E-state index is 0.00466. The molecule has 138 valence electrons. The minimum atomic E-state index is -0.721. The van der Waals surface area contributed by atoms with E-state index in [0.717, 1.165) is 61.6 Å². The summed E-state index contributed by atoms with van der Waals surface area (Å²) < 4.78 is 0. The molecular formula is C21H32N2O2. The Bertz CT molecular complexity index is 604. The Labute approximate surface area is 151 Å². The summed E-state index contributed by atoms with van der Waals surface area (Å²) in [4.78, 5) is 25.5. The third kappa shape index (κ3) is 5.32. The molecule has 0 radical (unpaired) electrons. The van der Waals surface area contributed by atoms with Crippen LogP contribution in [0.3, 0.4) is 0 Å². The molecule has 1 aliphatic carbocycles. The quantitative estimate of drug-likeness (QED) is 0.743. The average molecular weight is 344 g/mol. The highest BCUT2D eigenvalue weighted by atomic mass is 16.2. The first-order chi connectivity index (χ1) is 12.0. The van der Waals surface area contributed by atoms with Gasteiger partial charge in [-0.05, 0) is 44.2 Å². The summed E-state index contributed by atoms with van der Waals surface area (Å²) in [5, 5.41) is 6.13. The molecule has 0 heterocycles. The van der Waals surface area contributed by atoms with E-state index in [1.807, 2.05) is 19.9 Å². The maximum Gasteiger partial charge on any atom is 0.245 e. The standard InChI is InChI=1S/C21H32N2O2/c1-4-5-13-22-20(25)21(11-7-6-8-12-21)23-19(24)15-18-14-16(2)9-10-17(18)3/h9-10,14H,4-8,11-13,15H2,1-3H3,(H,22,25)(H,23,24). The van der Waals surface area contributed by atoms with Crippen molar-refractivity contribution < 1.29 is 9.59 Å². The maximum absolute atomic E-state index is 12.8. The van der Waals surface area contributed by atoms with Gasteiger partial charge < -0.3 is 10.6 Å². The summed E-state index contributed by atoms with van der Waals surface area (Å²) >= 11 is 0. The van der Waals surface area contributed by atoms with Crippen LogP contribution in [0, 0.1) is 13.8 Å². The van der Waals surface area contributed by atoms with Crippen LogP contribution in [0.5, 0.6) is 0 Å². The van der Waals surface area contributed by atoms with Crippen molar-refractivity contribution >= 4 is 11.8 Å². The van der Waals surface area contributed by atoms with Gasteiger partial charge in [0.25, 0.3) is 0 Å². The molecule has 0 atom stereocenters. The van der Waals surface area contributed by atoms with E-state index >= 15 is 0 Å². The first-order valence-electron chi connectivity index (χ1n) is 9.62. The van der Waals surface area contributed by atoms with Crippen molar-refractivity contribution in [1.29, 1.82) is 0 Å². The normalized spacial score (nSPS) is 16.3. The maximum atomic E-state index is 12.8. The molecule has 0 spiro atoms. The second-order valence-corrected chi connectivity index (χ2v) is 7.41. The molecule has 4 heteroatoms. The Hall–Kier alpha value is -1.84. The van der Waals surface area contributed by atoms with Gasteiger partial charge in [-0.2, -0.15) is 0 Å². The van der Waals surface area contributed by atoms with Crippen LogP contribution in [0.25, 0.3) is 0 Å². The summed E-state index contributed by atoms with van der Waals surface area (Å²) in [5.74, 6) is -0.0591. The van der Waals surface area contributed by atoms with Gasteiger partial charge in [-0.25, -0.2) is 0 Å². The summed E-state index contributed by atoms with van der Waals surface area (Å²) in [7, 11) is 0. The molecule has 1 aromatic rings. The monoisotopic (exact) mass is 344 g/mol. The fraction of sp³-hybridized carbons (Fsp3) is 0.619. The molecule has 0 saturated heterocycles.